The maximum Gasteiger partial charge on any atom is 0.274 e. The molecule has 9 nitrogen and oxygen atoms in total. The van der Waals surface area contributed by atoms with Gasteiger partial charge in [0, 0.05) is 23.4 Å². The summed E-state index contributed by atoms with van der Waals surface area (Å²) < 4.78 is 0. The average molecular weight is 335 g/mol. The summed E-state index contributed by atoms with van der Waals surface area (Å²) in [7, 11) is 0. The molecule has 0 radical (unpaired) electrons. The Balaban J connectivity index is 2.01. The lowest BCUT2D eigenvalue weighted by molar-refractivity contribution is -0.385. The highest BCUT2D eigenvalue weighted by Gasteiger charge is 2.13. The van der Waals surface area contributed by atoms with Gasteiger partial charge in [-0.15, -0.1) is 0 Å². The number of nitrogens with zero attached hydrogens (tertiary/aromatic N) is 2. The molecule has 0 bridgehead atoms. The van der Waals surface area contributed by atoms with Crippen LogP contribution in [0.5, 0.6) is 0 Å². The van der Waals surface area contributed by atoms with Crippen LogP contribution in [0.3, 0.4) is 0 Å². The van der Waals surface area contributed by atoms with Crippen molar-refractivity contribution in [1.82, 2.24) is 9.97 Å². The highest BCUT2D eigenvalue weighted by Crippen LogP contribution is 2.22. The van der Waals surface area contributed by atoms with Gasteiger partial charge < -0.3 is 16.0 Å². The topological polar surface area (TPSA) is 144 Å². The van der Waals surface area contributed by atoms with Gasteiger partial charge >= 0.3 is 0 Å². The quantitative estimate of drug-likeness (QED) is 0.323. The molecule has 0 saturated carbocycles. The van der Waals surface area contributed by atoms with Crippen molar-refractivity contribution in [3.63, 3.8) is 0 Å². The number of aryl methyl sites for hydroxylation is 1. The van der Waals surface area contributed by atoms with Crippen LogP contribution in [0.4, 0.5) is 17.2 Å². The van der Waals surface area contributed by atoms with Crippen molar-refractivity contribution < 1.29 is 9.72 Å². The summed E-state index contributed by atoms with van der Waals surface area (Å²) in [5.74, 6) is -0.363. The molecule has 0 saturated heterocycles. The standard InChI is InChI=1S/C13H13N5O4S/c1-7-2-3-8(4-9(7)18(21)22)15-12(20)6-23-13-16-10(14)5-11(19)17-13/h2-5H,6H2,1H3,(H,15,20)(H3,14,16,17,19). The number of nitrogens with two attached hydrogens (primary N) is 1. The number of benzene rings is 1. The molecule has 0 spiro atoms. The molecule has 2 aromatic rings. The molecule has 120 valence electrons. The van der Waals surface area contributed by atoms with Crippen LogP contribution in [0.15, 0.2) is 34.2 Å². The minimum Gasteiger partial charge on any atom is -0.383 e. The van der Waals surface area contributed by atoms with Gasteiger partial charge in [0.1, 0.15) is 5.82 Å². The van der Waals surface area contributed by atoms with Crippen LogP contribution in [0.1, 0.15) is 5.56 Å². The number of carbonyl (C=O) groups is 1. The molecule has 0 aliphatic heterocycles. The summed E-state index contributed by atoms with van der Waals surface area (Å²) >= 11 is 0.997. The Morgan fingerprint density at radius 1 is 1.48 bits per heavy atom. The number of anilines is 2. The minimum absolute atomic E-state index is 0.0337. The third kappa shape index (κ3) is 4.54. The Morgan fingerprint density at radius 3 is 2.87 bits per heavy atom. The Morgan fingerprint density at radius 2 is 2.22 bits per heavy atom. The highest BCUT2D eigenvalue weighted by atomic mass is 32.2. The third-order valence-electron chi connectivity index (χ3n) is 2.77. The van der Waals surface area contributed by atoms with Gasteiger partial charge in [-0.2, -0.15) is 0 Å². The molecule has 1 amide bonds. The number of rotatable bonds is 5. The molecule has 1 aromatic heterocycles. The zero-order valence-electron chi connectivity index (χ0n) is 12.0. The van der Waals surface area contributed by atoms with Gasteiger partial charge in [0.15, 0.2) is 5.16 Å². The van der Waals surface area contributed by atoms with Crippen LogP contribution in [0.2, 0.25) is 0 Å². The Bertz CT molecular complexity index is 820. The summed E-state index contributed by atoms with van der Waals surface area (Å²) in [4.78, 5) is 39.8. The van der Waals surface area contributed by atoms with E-state index in [-0.39, 0.29) is 22.4 Å². The number of nitrogen functional groups attached to an aromatic ring is 1. The normalized spacial score (nSPS) is 10.3. The van der Waals surface area contributed by atoms with Gasteiger partial charge in [0.05, 0.1) is 10.7 Å². The first-order valence-corrected chi connectivity index (χ1v) is 7.38. The maximum atomic E-state index is 11.9. The zero-order valence-corrected chi connectivity index (χ0v) is 12.8. The van der Waals surface area contributed by atoms with Crippen LogP contribution in [-0.4, -0.2) is 26.6 Å². The van der Waals surface area contributed by atoms with Crippen LogP contribution in [0.25, 0.3) is 0 Å². The molecule has 23 heavy (non-hydrogen) atoms. The molecule has 2 rings (SSSR count). The van der Waals surface area contributed by atoms with Crippen LogP contribution in [-0.2, 0) is 4.79 Å². The van der Waals surface area contributed by atoms with Gasteiger partial charge in [-0.3, -0.25) is 19.7 Å². The first-order valence-electron chi connectivity index (χ1n) is 6.39. The lowest BCUT2D eigenvalue weighted by atomic mass is 10.2. The molecule has 0 fully saturated rings. The molecule has 4 N–H and O–H groups in total. The van der Waals surface area contributed by atoms with E-state index in [4.69, 9.17) is 5.73 Å². The lowest BCUT2D eigenvalue weighted by Gasteiger charge is -2.06. The number of nitro groups is 1. The molecule has 0 aliphatic rings. The van der Waals surface area contributed by atoms with Gasteiger partial charge in [0.25, 0.3) is 11.2 Å². The van der Waals surface area contributed by atoms with E-state index < -0.39 is 16.4 Å². The van der Waals surface area contributed by atoms with Crippen molar-refractivity contribution in [2.45, 2.75) is 12.1 Å². The summed E-state index contributed by atoms with van der Waals surface area (Å²) in [6, 6.07) is 5.55. The SMILES string of the molecule is Cc1ccc(NC(=O)CSc2nc(N)cc(=O)[nH]2)cc1[N+](=O)[O-]. The van der Waals surface area contributed by atoms with Gasteiger partial charge in [0.2, 0.25) is 5.91 Å². The summed E-state index contributed by atoms with van der Waals surface area (Å²) in [5.41, 5.74) is 5.78. The summed E-state index contributed by atoms with van der Waals surface area (Å²) in [6.07, 6.45) is 0. The van der Waals surface area contributed by atoms with E-state index >= 15 is 0 Å². The van der Waals surface area contributed by atoms with Gasteiger partial charge in [-0.1, -0.05) is 17.8 Å². The monoisotopic (exact) mass is 335 g/mol. The number of hydrogen-bond acceptors (Lipinski definition) is 7. The van der Waals surface area contributed by atoms with Crippen molar-refractivity contribution in [3.05, 3.63) is 50.3 Å². The van der Waals surface area contributed by atoms with E-state index in [2.05, 4.69) is 15.3 Å². The molecule has 0 aliphatic carbocycles. The van der Waals surface area contributed by atoms with Crippen molar-refractivity contribution in [3.8, 4) is 0 Å². The summed E-state index contributed by atoms with van der Waals surface area (Å²) in [6.45, 7) is 1.61. The summed E-state index contributed by atoms with van der Waals surface area (Å²) in [5, 5.41) is 13.6. The van der Waals surface area contributed by atoms with Gasteiger partial charge in [-0.05, 0) is 13.0 Å². The van der Waals surface area contributed by atoms with Gasteiger partial charge in [-0.25, -0.2) is 4.98 Å². The number of thioether (sulfide) groups is 1. The minimum atomic E-state index is -0.513. The first kappa shape index (κ1) is 16.5. The molecular weight excluding hydrogens is 322 g/mol. The second-order valence-electron chi connectivity index (χ2n) is 4.57. The predicted molar refractivity (Wildman–Crippen MR) is 86.5 cm³/mol. The van der Waals surface area contributed by atoms with E-state index in [9.17, 15) is 19.7 Å². The second-order valence-corrected chi connectivity index (χ2v) is 5.53. The highest BCUT2D eigenvalue weighted by molar-refractivity contribution is 7.99. The third-order valence-corrected chi connectivity index (χ3v) is 3.64. The molecular formula is C13H13N5O4S. The van der Waals surface area contributed by atoms with Crippen molar-refractivity contribution in [2.75, 3.05) is 16.8 Å². The zero-order chi connectivity index (χ0) is 17.0. The predicted octanol–water partition coefficient (Wildman–Crippen LogP) is 1.30. The van der Waals surface area contributed by atoms with Crippen LogP contribution in [0, 0.1) is 17.0 Å². The number of nitro benzene ring substituents is 1. The fourth-order valence-electron chi connectivity index (χ4n) is 1.74. The number of carbonyl (C=O) groups excluding carboxylic acids is 1. The van der Waals surface area contributed by atoms with E-state index in [1.165, 1.54) is 6.07 Å². The fourth-order valence-corrected chi connectivity index (χ4v) is 2.42. The molecule has 0 atom stereocenters. The average Bonchev–Trinajstić information content (AvgIpc) is 2.46. The van der Waals surface area contributed by atoms with Crippen LogP contribution < -0.4 is 16.6 Å². The number of hydrogen-bond donors (Lipinski definition) is 3. The van der Waals surface area contributed by atoms with Crippen LogP contribution >= 0.6 is 11.8 Å². The first-order chi connectivity index (χ1) is 10.8. The fraction of sp³-hybridized carbons (Fsp3) is 0.154. The van der Waals surface area contributed by atoms with E-state index in [0.717, 1.165) is 17.8 Å². The molecule has 0 unspecified atom stereocenters. The Labute approximate surface area is 134 Å². The van der Waals surface area contributed by atoms with E-state index in [1.54, 1.807) is 19.1 Å². The van der Waals surface area contributed by atoms with E-state index in [0.29, 0.717) is 11.3 Å². The molecule has 1 aromatic carbocycles. The smallest absolute Gasteiger partial charge is 0.274 e. The number of aromatic nitrogens is 2. The lowest BCUT2D eigenvalue weighted by Crippen LogP contribution is -2.16. The Kier molecular flexibility index (Phi) is 4.96. The molecule has 1 heterocycles. The van der Waals surface area contributed by atoms with Crippen molar-refractivity contribution in [2.24, 2.45) is 0 Å². The van der Waals surface area contributed by atoms with Crippen molar-refractivity contribution >= 4 is 34.9 Å². The van der Waals surface area contributed by atoms with Crippen molar-refractivity contribution in [1.29, 1.82) is 0 Å². The second kappa shape index (κ2) is 6.92. The van der Waals surface area contributed by atoms with E-state index in [1.807, 2.05) is 0 Å². The number of amides is 1. The number of H-pyrrole nitrogens is 1. The Hall–Kier alpha value is -2.88. The maximum absolute atomic E-state index is 11.9. The number of aromatic amines is 1. The number of nitrogens with one attached hydrogen (secondary N) is 2. The largest absolute Gasteiger partial charge is 0.383 e. The molecule has 10 heteroatoms.